The summed E-state index contributed by atoms with van der Waals surface area (Å²) in [5.41, 5.74) is 6.73. The van der Waals surface area contributed by atoms with Crippen molar-refractivity contribution in [3.63, 3.8) is 0 Å². The van der Waals surface area contributed by atoms with Gasteiger partial charge in [0.2, 0.25) is 11.8 Å². The molecule has 8 nitrogen and oxygen atoms in total. The first-order valence-corrected chi connectivity index (χ1v) is 18.1. The molecule has 3 aromatic heterocycles. The average Bonchev–Trinajstić information content (AvgIpc) is 3.41. The topological polar surface area (TPSA) is 83.4 Å². The number of aromatic nitrogens is 3. The van der Waals surface area contributed by atoms with Gasteiger partial charge in [-0.2, -0.15) is 5.10 Å². The number of nitrogens with one attached hydrogen (secondary N) is 1. The Balaban J connectivity index is 0.000000173. The van der Waals surface area contributed by atoms with Gasteiger partial charge in [-0.05, 0) is 81.0 Å². The van der Waals surface area contributed by atoms with Crippen molar-refractivity contribution in [3.05, 3.63) is 69.4 Å². The lowest BCUT2D eigenvalue weighted by molar-refractivity contribution is -0.141. The Kier molecular flexibility index (Phi) is 10.1. The monoisotopic (exact) mass is 710 g/mol. The van der Waals surface area contributed by atoms with E-state index in [0.29, 0.717) is 17.6 Å². The first-order valence-electron chi connectivity index (χ1n) is 15.7. The molecule has 45 heavy (non-hydrogen) atoms. The van der Waals surface area contributed by atoms with Crippen LogP contribution in [0.2, 0.25) is 5.02 Å². The van der Waals surface area contributed by atoms with Crippen molar-refractivity contribution >= 4 is 60.9 Å². The number of nitrogens with zero attached hydrogens (tertiary/aromatic N) is 5. The van der Waals surface area contributed by atoms with Gasteiger partial charge in [0, 0.05) is 77.5 Å². The van der Waals surface area contributed by atoms with Gasteiger partial charge in [0.1, 0.15) is 0 Å². The van der Waals surface area contributed by atoms with E-state index in [2.05, 4.69) is 67.9 Å². The Morgan fingerprint density at radius 3 is 2.64 bits per heavy atom. The molecule has 1 aliphatic carbocycles. The molecular weight excluding hydrogens is 672 g/mol. The van der Waals surface area contributed by atoms with E-state index < -0.39 is 0 Å². The summed E-state index contributed by atoms with van der Waals surface area (Å²) < 4.78 is 3.13. The quantitative estimate of drug-likeness (QED) is 0.120. The van der Waals surface area contributed by atoms with E-state index in [1.807, 2.05) is 30.5 Å². The van der Waals surface area contributed by atoms with Crippen LogP contribution in [-0.2, 0) is 29.2 Å². The molecule has 0 radical (unpaired) electrons. The van der Waals surface area contributed by atoms with E-state index >= 15 is 0 Å². The maximum Gasteiger partial charge on any atom is 0.233 e. The summed E-state index contributed by atoms with van der Waals surface area (Å²) in [6, 6.07) is 8.55. The van der Waals surface area contributed by atoms with Crippen LogP contribution in [0.1, 0.15) is 47.8 Å². The van der Waals surface area contributed by atoms with E-state index in [1.165, 1.54) is 28.9 Å². The molecule has 1 N–H and O–H groups in total. The number of likely N-dealkylation sites (tertiary alicyclic amines) is 1. The normalized spacial score (nSPS) is 21.3. The summed E-state index contributed by atoms with van der Waals surface area (Å²) in [6.07, 6.45) is 9.15. The molecule has 1 aromatic carbocycles. The highest BCUT2D eigenvalue weighted by atomic mass is 79.9. The smallest absolute Gasteiger partial charge is 0.233 e. The zero-order valence-electron chi connectivity index (χ0n) is 26.1. The number of imide groups is 1. The Bertz CT molecular complexity index is 1690. The van der Waals surface area contributed by atoms with E-state index in [-0.39, 0.29) is 23.7 Å². The molecule has 2 aliphatic heterocycles. The molecule has 0 bridgehead atoms. The van der Waals surface area contributed by atoms with Crippen LogP contribution >= 0.6 is 38.9 Å². The Hall–Kier alpha value is -2.63. The van der Waals surface area contributed by atoms with Crippen LogP contribution in [0.15, 0.2) is 42.9 Å². The highest BCUT2D eigenvalue weighted by Crippen LogP contribution is 2.48. The Labute approximate surface area is 282 Å². The molecule has 238 valence electrons. The van der Waals surface area contributed by atoms with Crippen LogP contribution in [0.5, 0.6) is 0 Å². The molecule has 5 heterocycles. The van der Waals surface area contributed by atoms with Crippen molar-refractivity contribution < 1.29 is 9.59 Å². The lowest BCUT2D eigenvalue weighted by Crippen LogP contribution is -2.48. The van der Waals surface area contributed by atoms with E-state index in [9.17, 15) is 9.59 Å². The van der Waals surface area contributed by atoms with Gasteiger partial charge in [0.25, 0.3) is 0 Å². The number of benzene rings is 1. The predicted octanol–water partition coefficient (Wildman–Crippen LogP) is 6.59. The lowest BCUT2D eigenvalue weighted by Gasteiger charge is -2.31. The predicted molar refractivity (Wildman–Crippen MR) is 185 cm³/mol. The van der Waals surface area contributed by atoms with Gasteiger partial charge in [-0.3, -0.25) is 29.1 Å². The molecule has 7 rings (SSSR count). The largest absolute Gasteiger partial charge is 0.312 e. The molecule has 1 saturated carbocycles. The third kappa shape index (κ3) is 7.36. The van der Waals surface area contributed by atoms with Crippen molar-refractivity contribution in [1.29, 1.82) is 0 Å². The summed E-state index contributed by atoms with van der Waals surface area (Å²) in [5.74, 6) is -0.149. The van der Waals surface area contributed by atoms with Gasteiger partial charge >= 0.3 is 0 Å². The zero-order valence-corrected chi connectivity index (χ0v) is 29.2. The third-order valence-corrected chi connectivity index (χ3v) is 10.9. The van der Waals surface area contributed by atoms with Crippen LogP contribution in [0.4, 0.5) is 0 Å². The summed E-state index contributed by atoms with van der Waals surface area (Å²) in [4.78, 5) is 33.9. The second-order valence-corrected chi connectivity index (χ2v) is 14.9. The number of thiophene rings is 1. The number of amides is 2. The Morgan fingerprint density at radius 1 is 1.09 bits per heavy atom. The SMILES string of the molecule is CC1CN(Cc2cnn(CCCCBr)c2)CCN1.Cc1cc(Cl)cc(-c2ccnc3cc(CN4C(=O)C5CC5C4=O)sc23)c1C. The van der Waals surface area contributed by atoms with E-state index in [1.54, 1.807) is 17.5 Å². The number of piperazine rings is 1. The van der Waals surface area contributed by atoms with Crippen LogP contribution in [-0.4, -0.2) is 67.4 Å². The second kappa shape index (κ2) is 14.0. The standard InChI is InChI=1S/C21H17ClN2O2S.C13H23BrN4/c1-10-5-12(22)6-15(11(10)2)14-3-4-23-18-7-13(27-19(14)18)9-24-20(25)16-8-17(16)21(24)26;1-12-9-17(7-5-15-12)10-13-8-16-18(11-13)6-3-2-4-14/h3-7,16-17H,8-9H2,1-2H3;8,11-12,15H,2-7,9-10H2,1H3. The number of pyridine rings is 1. The third-order valence-electron chi connectivity index (χ3n) is 8.97. The van der Waals surface area contributed by atoms with Crippen molar-refractivity contribution in [3.8, 4) is 11.1 Å². The van der Waals surface area contributed by atoms with Crippen LogP contribution in [0, 0.1) is 25.7 Å². The number of carbonyl (C=O) groups is 2. The molecule has 3 unspecified atom stereocenters. The first kappa shape index (κ1) is 32.3. The van der Waals surface area contributed by atoms with Gasteiger partial charge in [-0.15, -0.1) is 11.3 Å². The Morgan fingerprint density at radius 2 is 1.89 bits per heavy atom. The number of rotatable bonds is 9. The molecule has 4 aromatic rings. The molecule has 2 amide bonds. The number of aryl methyl sites for hydroxylation is 2. The van der Waals surface area contributed by atoms with Gasteiger partial charge in [0.05, 0.1) is 34.8 Å². The fourth-order valence-electron chi connectivity index (χ4n) is 6.33. The van der Waals surface area contributed by atoms with E-state index in [4.69, 9.17) is 11.6 Å². The second-order valence-electron chi connectivity index (χ2n) is 12.5. The van der Waals surface area contributed by atoms with Gasteiger partial charge in [-0.25, -0.2) is 0 Å². The molecular formula is C34H40BrClN6O2S. The number of halogens is 2. The van der Waals surface area contributed by atoms with Crippen molar-refractivity contribution in [2.45, 2.75) is 65.7 Å². The molecule has 11 heteroatoms. The maximum absolute atomic E-state index is 12.3. The van der Waals surface area contributed by atoms with Crippen LogP contribution in [0.25, 0.3) is 21.3 Å². The van der Waals surface area contributed by atoms with Crippen molar-refractivity contribution in [2.24, 2.45) is 11.8 Å². The first-order chi connectivity index (χ1) is 21.7. The van der Waals surface area contributed by atoms with Gasteiger partial charge < -0.3 is 5.32 Å². The number of piperidine rings is 1. The molecule has 2 saturated heterocycles. The number of alkyl halides is 1. The summed E-state index contributed by atoms with van der Waals surface area (Å²) >= 11 is 11.3. The highest BCUT2D eigenvalue weighted by molar-refractivity contribution is 9.09. The van der Waals surface area contributed by atoms with Crippen LogP contribution < -0.4 is 5.32 Å². The minimum absolute atomic E-state index is 0.0167. The fourth-order valence-corrected chi connectivity index (χ4v) is 8.13. The molecule has 3 aliphatic rings. The minimum Gasteiger partial charge on any atom is -0.312 e. The summed E-state index contributed by atoms with van der Waals surface area (Å²) in [6.45, 7) is 12.2. The number of hydrogen-bond acceptors (Lipinski definition) is 7. The number of unbranched alkanes of at least 4 members (excludes halogenated alkanes) is 1. The van der Waals surface area contributed by atoms with Crippen molar-refractivity contribution in [1.82, 2.24) is 29.9 Å². The highest BCUT2D eigenvalue weighted by Gasteiger charge is 2.58. The molecule has 3 fully saturated rings. The number of hydrogen-bond donors (Lipinski definition) is 1. The summed E-state index contributed by atoms with van der Waals surface area (Å²) in [5, 5.41) is 9.70. The minimum atomic E-state index is -0.0577. The molecule has 3 atom stereocenters. The average molecular weight is 712 g/mol. The fraction of sp³-hybridized carbons (Fsp3) is 0.471. The summed E-state index contributed by atoms with van der Waals surface area (Å²) in [7, 11) is 0. The van der Waals surface area contributed by atoms with Crippen LogP contribution in [0.3, 0.4) is 0 Å². The maximum atomic E-state index is 12.3. The number of fused-ring (bicyclic) bond motifs is 2. The molecule has 0 spiro atoms. The zero-order chi connectivity index (χ0) is 31.7. The van der Waals surface area contributed by atoms with Gasteiger partial charge in [0.15, 0.2) is 0 Å². The van der Waals surface area contributed by atoms with Gasteiger partial charge in [-0.1, -0.05) is 27.5 Å². The lowest BCUT2D eigenvalue weighted by atomic mass is 9.97. The number of carbonyl (C=O) groups excluding carboxylic acids is 2. The van der Waals surface area contributed by atoms with E-state index in [0.717, 1.165) is 76.3 Å². The van der Waals surface area contributed by atoms with Crippen molar-refractivity contribution in [2.75, 3.05) is 25.0 Å².